The summed E-state index contributed by atoms with van der Waals surface area (Å²) in [6, 6.07) is 3.96. The van der Waals surface area contributed by atoms with E-state index in [9.17, 15) is 17.6 Å². The molecule has 2 aromatic heterocycles. The molecule has 0 unspecified atom stereocenters. The highest BCUT2D eigenvalue weighted by Crippen LogP contribution is 2.25. The number of nitrogens with zero attached hydrogens (tertiary/aromatic N) is 4. The van der Waals surface area contributed by atoms with Gasteiger partial charge in [0.1, 0.15) is 5.82 Å². The lowest BCUT2D eigenvalue weighted by atomic mass is 10.3. The Morgan fingerprint density at radius 2 is 2.07 bits per heavy atom. The molecule has 2 heterocycles. The van der Waals surface area contributed by atoms with E-state index in [-0.39, 0.29) is 40.5 Å². The highest BCUT2D eigenvalue weighted by atomic mass is 79.9. The van der Waals surface area contributed by atoms with Gasteiger partial charge in [-0.25, -0.2) is 18.4 Å². The zero-order valence-corrected chi connectivity index (χ0v) is 15.7. The summed E-state index contributed by atoms with van der Waals surface area (Å²) in [6.07, 6.45) is 0.0781. The van der Waals surface area contributed by atoms with E-state index < -0.39 is 27.4 Å². The van der Waals surface area contributed by atoms with Crippen LogP contribution in [0.4, 0.5) is 10.2 Å². The van der Waals surface area contributed by atoms with E-state index in [1.54, 1.807) is 0 Å². The molecule has 0 aliphatic carbocycles. The van der Waals surface area contributed by atoms with Crippen molar-refractivity contribution in [2.45, 2.75) is 6.42 Å². The maximum Gasteiger partial charge on any atom is 0.446 e. The molecule has 3 rings (SSSR count). The molecule has 0 fully saturated rings. The van der Waals surface area contributed by atoms with E-state index in [2.05, 4.69) is 45.9 Å². The highest BCUT2D eigenvalue weighted by Gasteiger charge is 2.23. The molecule has 0 radical (unpaired) electrons. The van der Waals surface area contributed by atoms with E-state index in [4.69, 9.17) is 4.55 Å². The van der Waals surface area contributed by atoms with Gasteiger partial charge in [-0.2, -0.15) is 8.42 Å². The van der Waals surface area contributed by atoms with Crippen molar-refractivity contribution in [1.82, 2.24) is 20.0 Å². The first-order valence-corrected chi connectivity index (χ1v) is 9.72. The van der Waals surface area contributed by atoms with Crippen LogP contribution in [0, 0.1) is 5.82 Å². The summed E-state index contributed by atoms with van der Waals surface area (Å²) < 4.78 is 54.4. The SMILES string of the molecule is O=c1onc(-c2nonc2NCCCS(=O)(=O)O)n1-c1ccc(Br)c(F)c1. The van der Waals surface area contributed by atoms with E-state index in [0.29, 0.717) is 0 Å². The van der Waals surface area contributed by atoms with Crippen molar-refractivity contribution >= 4 is 31.9 Å². The molecular weight excluding hydrogens is 453 g/mol. The number of hydrogen-bond acceptors (Lipinski definition) is 9. The quantitative estimate of drug-likeness (QED) is 0.388. The van der Waals surface area contributed by atoms with Crippen molar-refractivity contribution in [1.29, 1.82) is 0 Å². The van der Waals surface area contributed by atoms with Gasteiger partial charge in [0.2, 0.25) is 11.6 Å². The Kier molecular flexibility index (Phi) is 5.38. The predicted molar refractivity (Wildman–Crippen MR) is 92.6 cm³/mol. The average Bonchev–Trinajstić information content (AvgIpc) is 3.19. The van der Waals surface area contributed by atoms with E-state index in [0.717, 1.165) is 10.6 Å². The number of nitrogens with one attached hydrogen (secondary N) is 1. The predicted octanol–water partition coefficient (Wildman–Crippen LogP) is 1.47. The number of aromatic nitrogens is 4. The minimum atomic E-state index is -4.09. The second-order valence-corrected chi connectivity index (χ2v) is 7.66. The van der Waals surface area contributed by atoms with Gasteiger partial charge in [0.25, 0.3) is 10.1 Å². The molecule has 0 amide bonds. The maximum atomic E-state index is 13.8. The minimum absolute atomic E-state index is 0.00367. The van der Waals surface area contributed by atoms with Gasteiger partial charge in [0.15, 0.2) is 5.69 Å². The van der Waals surface area contributed by atoms with Crippen molar-refractivity contribution in [2.75, 3.05) is 17.6 Å². The molecule has 1 aromatic carbocycles. The standard InChI is InChI=1S/C13H11BrFN5O6S/c14-8-3-2-7(6-9(8)15)20-12(19-25-13(20)21)10-11(18-26-17-10)16-4-1-5-27(22,23)24/h2-3,6H,1,4-5H2,(H,16,18)(H,22,23,24). The van der Waals surface area contributed by atoms with Crippen molar-refractivity contribution in [2.24, 2.45) is 0 Å². The van der Waals surface area contributed by atoms with Gasteiger partial charge in [-0.1, -0.05) is 5.16 Å². The van der Waals surface area contributed by atoms with E-state index >= 15 is 0 Å². The molecule has 0 saturated heterocycles. The van der Waals surface area contributed by atoms with E-state index in [1.807, 2.05) is 0 Å². The van der Waals surface area contributed by atoms with Crippen LogP contribution in [-0.4, -0.2) is 45.3 Å². The summed E-state index contributed by atoms with van der Waals surface area (Å²) in [5, 5.41) is 13.6. The van der Waals surface area contributed by atoms with Gasteiger partial charge in [-0.3, -0.25) is 9.08 Å². The average molecular weight is 464 g/mol. The molecule has 0 aliphatic rings. The summed E-state index contributed by atoms with van der Waals surface area (Å²) in [5.74, 6) is -1.97. The smallest absolute Gasteiger partial charge is 0.365 e. The van der Waals surface area contributed by atoms with Crippen LogP contribution in [-0.2, 0) is 10.1 Å². The second-order valence-electron chi connectivity index (χ2n) is 5.23. The summed E-state index contributed by atoms with van der Waals surface area (Å²) in [6.45, 7) is 0.107. The number of anilines is 1. The summed E-state index contributed by atoms with van der Waals surface area (Å²) in [5.41, 5.74) is 0.133. The first-order valence-electron chi connectivity index (χ1n) is 7.32. The van der Waals surface area contributed by atoms with Crippen LogP contribution in [0.2, 0.25) is 0 Å². The Labute approximate surface area is 159 Å². The third-order valence-electron chi connectivity index (χ3n) is 3.34. The normalized spacial score (nSPS) is 11.7. The molecule has 11 nitrogen and oxygen atoms in total. The fraction of sp³-hybridized carbons (Fsp3) is 0.231. The Morgan fingerprint density at radius 3 is 2.78 bits per heavy atom. The monoisotopic (exact) mass is 463 g/mol. The highest BCUT2D eigenvalue weighted by molar-refractivity contribution is 9.10. The summed E-state index contributed by atoms with van der Waals surface area (Å²) in [4.78, 5) is 12.0. The Balaban J connectivity index is 1.89. The van der Waals surface area contributed by atoms with Crippen molar-refractivity contribution in [3.05, 3.63) is 39.0 Å². The second kappa shape index (κ2) is 7.58. The molecule has 144 valence electrons. The number of rotatable bonds is 7. The van der Waals surface area contributed by atoms with Crippen molar-refractivity contribution in [3.8, 4) is 17.2 Å². The van der Waals surface area contributed by atoms with Crippen LogP contribution in [0.5, 0.6) is 0 Å². The van der Waals surface area contributed by atoms with Crippen LogP contribution < -0.4 is 11.1 Å². The van der Waals surface area contributed by atoms with Gasteiger partial charge >= 0.3 is 5.76 Å². The third kappa shape index (κ3) is 4.40. The molecular formula is C13H11BrFN5O6S. The Hall–Kier alpha value is -2.58. The summed E-state index contributed by atoms with van der Waals surface area (Å²) >= 11 is 3.02. The lowest BCUT2D eigenvalue weighted by Crippen LogP contribution is -2.14. The topological polar surface area (TPSA) is 153 Å². The van der Waals surface area contributed by atoms with Crippen LogP contribution >= 0.6 is 15.9 Å². The van der Waals surface area contributed by atoms with E-state index in [1.165, 1.54) is 12.1 Å². The molecule has 0 aliphatic heterocycles. The minimum Gasteiger partial charge on any atom is -0.365 e. The fourth-order valence-corrected chi connectivity index (χ4v) is 2.92. The van der Waals surface area contributed by atoms with Gasteiger partial charge in [-0.15, -0.1) is 0 Å². The molecule has 0 atom stereocenters. The van der Waals surface area contributed by atoms with Gasteiger partial charge in [-0.05, 0) is 50.9 Å². The molecule has 0 bridgehead atoms. The summed E-state index contributed by atoms with van der Waals surface area (Å²) in [7, 11) is -4.09. The van der Waals surface area contributed by atoms with Crippen LogP contribution in [0.25, 0.3) is 17.2 Å². The zero-order chi connectivity index (χ0) is 19.6. The Morgan fingerprint density at radius 1 is 1.30 bits per heavy atom. The molecule has 3 aromatic rings. The lowest BCUT2D eigenvalue weighted by Gasteiger charge is -2.05. The molecule has 0 spiro atoms. The largest absolute Gasteiger partial charge is 0.446 e. The molecule has 0 saturated carbocycles. The number of hydrogen-bond donors (Lipinski definition) is 2. The number of halogens is 2. The zero-order valence-electron chi connectivity index (χ0n) is 13.3. The van der Waals surface area contributed by atoms with Crippen LogP contribution in [0.15, 0.2) is 36.6 Å². The first-order chi connectivity index (χ1) is 12.8. The molecule has 2 N–H and O–H groups in total. The lowest BCUT2D eigenvalue weighted by molar-refractivity contribution is 0.309. The molecule has 14 heteroatoms. The van der Waals surface area contributed by atoms with Crippen molar-refractivity contribution < 1.29 is 26.5 Å². The van der Waals surface area contributed by atoms with Crippen molar-refractivity contribution in [3.63, 3.8) is 0 Å². The maximum absolute atomic E-state index is 13.8. The van der Waals surface area contributed by atoms with Gasteiger partial charge in [0, 0.05) is 6.54 Å². The van der Waals surface area contributed by atoms with Gasteiger partial charge in [0.05, 0.1) is 15.9 Å². The number of benzene rings is 1. The van der Waals surface area contributed by atoms with Gasteiger partial charge < -0.3 is 5.32 Å². The first kappa shape index (κ1) is 19.2. The third-order valence-corrected chi connectivity index (χ3v) is 4.79. The van der Waals surface area contributed by atoms with Crippen LogP contribution in [0.3, 0.4) is 0 Å². The fourth-order valence-electron chi connectivity index (χ4n) is 2.16. The van der Waals surface area contributed by atoms with Crippen LogP contribution in [0.1, 0.15) is 6.42 Å². The Bertz CT molecular complexity index is 1120. The molecule has 27 heavy (non-hydrogen) atoms.